The Kier molecular flexibility index (Phi) is 5.98. The van der Waals surface area contributed by atoms with Gasteiger partial charge in [0.05, 0.1) is 19.0 Å². The summed E-state index contributed by atoms with van der Waals surface area (Å²) in [6, 6.07) is -0.545. The van der Waals surface area contributed by atoms with Crippen molar-refractivity contribution in [2.75, 3.05) is 5.32 Å². The first kappa shape index (κ1) is 18.3. The quantitative estimate of drug-likeness (QED) is 0.672. The van der Waals surface area contributed by atoms with E-state index in [1.54, 1.807) is 0 Å². The fourth-order valence-corrected chi connectivity index (χ4v) is 2.41. The average Bonchev–Trinajstić information content (AvgIpc) is 3.01. The van der Waals surface area contributed by atoms with Crippen LogP contribution in [0.25, 0.3) is 0 Å². The third kappa shape index (κ3) is 4.49. The van der Waals surface area contributed by atoms with Crippen LogP contribution in [0.2, 0.25) is 0 Å². The van der Waals surface area contributed by atoms with Crippen molar-refractivity contribution >= 4 is 17.6 Å². The fourth-order valence-electron chi connectivity index (χ4n) is 2.41. The number of hydrogen-bond acceptors (Lipinski definition) is 8. The Bertz CT molecular complexity index is 813. The minimum absolute atomic E-state index is 0.0642. The number of nitrogens with one attached hydrogen (secondary N) is 1. The summed E-state index contributed by atoms with van der Waals surface area (Å²) in [5.41, 5.74) is 0.380. The zero-order valence-corrected chi connectivity index (χ0v) is 13.9. The number of carbonyl (C=O) groups is 2. The van der Waals surface area contributed by atoms with E-state index in [1.807, 2.05) is 6.92 Å². The lowest BCUT2D eigenvalue weighted by molar-refractivity contribution is -0.137. The maximum atomic E-state index is 12.5. The second-order valence-electron chi connectivity index (χ2n) is 5.43. The van der Waals surface area contributed by atoms with Crippen LogP contribution in [-0.4, -0.2) is 36.7 Å². The van der Waals surface area contributed by atoms with Crippen LogP contribution in [0.15, 0.2) is 21.8 Å². The Balaban J connectivity index is 2.15. The molecule has 0 aromatic carbocycles. The number of Topliss-reactive ketones (excluding diaryl/α,β-unsaturated/α-hetero) is 1. The van der Waals surface area contributed by atoms with Gasteiger partial charge in [-0.05, 0) is 13.3 Å². The van der Waals surface area contributed by atoms with Gasteiger partial charge in [0, 0.05) is 18.8 Å². The molecule has 0 radical (unpaired) electrons. The highest BCUT2D eigenvalue weighted by Gasteiger charge is 2.18. The zero-order chi connectivity index (χ0) is 18.4. The summed E-state index contributed by atoms with van der Waals surface area (Å²) in [6.45, 7) is 3.35. The van der Waals surface area contributed by atoms with Crippen molar-refractivity contribution in [2.45, 2.75) is 45.7 Å². The average molecular weight is 349 g/mol. The maximum absolute atomic E-state index is 12.5. The van der Waals surface area contributed by atoms with Gasteiger partial charge >= 0.3 is 5.97 Å². The third-order valence-electron chi connectivity index (χ3n) is 3.69. The van der Waals surface area contributed by atoms with Crippen LogP contribution in [0.1, 0.15) is 44.1 Å². The lowest BCUT2D eigenvalue weighted by Gasteiger charge is -2.15. The number of rotatable bonds is 9. The molecule has 0 fully saturated rings. The van der Waals surface area contributed by atoms with E-state index in [4.69, 9.17) is 5.11 Å². The van der Waals surface area contributed by atoms with Gasteiger partial charge in [-0.3, -0.25) is 14.4 Å². The Hall–Kier alpha value is -3.04. The molecule has 0 aliphatic rings. The van der Waals surface area contributed by atoms with Crippen LogP contribution in [0.4, 0.5) is 5.82 Å². The van der Waals surface area contributed by atoms with Gasteiger partial charge in [-0.1, -0.05) is 17.2 Å². The van der Waals surface area contributed by atoms with Crippen molar-refractivity contribution in [3.63, 3.8) is 0 Å². The number of aliphatic carboxylic acids is 1. The number of carboxylic acids is 1. The van der Waals surface area contributed by atoms with E-state index in [9.17, 15) is 14.4 Å². The maximum Gasteiger partial charge on any atom is 0.303 e. The first-order valence-electron chi connectivity index (χ1n) is 7.77. The smallest absolute Gasteiger partial charge is 0.303 e. The molecule has 10 nitrogen and oxygen atoms in total. The molecule has 0 spiro atoms. The largest absolute Gasteiger partial charge is 0.481 e. The first-order valence-corrected chi connectivity index (χ1v) is 7.77. The topological polar surface area (TPSA) is 140 Å². The lowest BCUT2D eigenvalue weighted by atomic mass is 10.1. The molecule has 2 aromatic heterocycles. The summed E-state index contributed by atoms with van der Waals surface area (Å²) < 4.78 is 5.96. The van der Waals surface area contributed by atoms with Crippen LogP contribution < -0.4 is 10.9 Å². The normalized spacial score (nSPS) is 11.9. The van der Waals surface area contributed by atoms with E-state index in [0.29, 0.717) is 17.8 Å². The van der Waals surface area contributed by atoms with Gasteiger partial charge in [0.25, 0.3) is 5.56 Å². The molecule has 134 valence electrons. The molecule has 0 amide bonds. The highest BCUT2D eigenvalue weighted by atomic mass is 16.6. The van der Waals surface area contributed by atoms with E-state index in [0.717, 1.165) is 0 Å². The Morgan fingerprint density at radius 3 is 2.72 bits per heavy atom. The molecule has 0 aliphatic carbocycles. The standard InChI is InChI=1S/C15H19N5O5/c1-3-12(9(2)21)20-7-6-16-14(15(20)24)17-8-11-10(18-25-19-11)4-5-13(22)23/h6-7,12H,3-5,8H2,1-2H3,(H,16,17)(H,22,23). The summed E-state index contributed by atoms with van der Waals surface area (Å²) in [5, 5.41) is 18.9. The molecule has 2 N–H and O–H groups in total. The van der Waals surface area contributed by atoms with Crippen molar-refractivity contribution in [3.8, 4) is 0 Å². The number of ketones is 1. The molecule has 2 aromatic rings. The van der Waals surface area contributed by atoms with Crippen LogP contribution in [0.3, 0.4) is 0 Å². The molecule has 0 saturated heterocycles. The fraction of sp³-hybridized carbons (Fsp3) is 0.467. The summed E-state index contributed by atoms with van der Waals surface area (Å²) in [5.74, 6) is -1.00. The monoisotopic (exact) mass is 349 g/mol. The predicted molar refractivity (Wildman–Crippen MR) is 86.1 cm³/mol. The van der Waals surface area contributed by atoms with Gasteiger partial charge in [-0.2, -0.15) is 0 Å². The highest BCUT2D eigenvalue weighted by Crippen LogP contribution is 2.11. The molecule has 25 heavy (non-hydrogen) atoms. The molecular formula is C15H19N5O5. The van der Waals surface area contributed by atoms with Gasteiger partial charge < -0.3 is 15.0 Å². The minimum Gasteiger partial charge on any atom is -0.481 e. The van der Waals surface area contributed by atoms with Gasteiger partial charge in [0.15, 0.2) is 11.6 Å². The molecule has 0 aliphatic heterocycles. The van der Waals surface area contributed by atoms with Gasteiger partial charge in [-0.25, -0.2) is 9.61 Å². The van der Waals surface area contributed by atoms with Crippen molar-refractivity contribution in [2.24, 2.45) is 0 Å². The number of carboxylic acid groups (broad SMARTS) is 1. The second kappa shape index (κ2) is 8.18. The molecule has 0 saturated carbocycles. The molecule has 1 unspecified atom stereocenters. The zero-order valence-electron chi connectivity index (χ0n) is 13.9. The van der Waals surface area contributed by atoms with Crippen LogP contribution >= 0.6 is 0 Å². The SMILES string of the molecule is CCC(C(C)=O)n1ccnc(NCc2nonc2CCC(=O)O)c1=O. The summed E-state index contributed by atoms with van der Waals surface area (Å²) in [6.07, 6.45) is 3.46. The third-order valence-corrected chi connectivity index (χ3v) is 3.69. The van der Waals surface area contributed by atoms with Crippen LogP contribution in [0.5, 0.6) is 0 Å². The number of anilines is 1. The lowest BCUT2D eigenvalue weighted by Crippen LogP contribution is -2.30. The van der Waals surface area contributed by atoms with Crippen molar-refractivity contribution in [1.82, 2.24) is 19.9 Å². The summed E-state index contributed by atoms with van der Waals surface area (Å²) >= 11 is 0. The number of carbonyl (C=O) groups excluding carboxylic acids is 1. The predicted octanol–water partition coefficient (Wildman–Crippen LogP) is 0.796. The van der Waals surface area contributed by atoms with E-state index in [2.05, 4.69) is 25.2 Å². The van der Waals surface area contributed by atoms with Gasteiger partial charge in [0.2, 0.25) is 0 Å². The molecule has 2 heterocycles. The Morgan fingerprint density at radius 1 is 1.36 bits per heavy atom. The summed E-state index contributed by atoms with van der Waals surface area (Å²) in [4.78, 5) is 38.8. The van der Waals surface area contributed by atoms with E-state index in [-0.39, 0.29) is 31.0 Å². The number of aryl methyl sites for hydroxylation is 1. The first-order chi connectivity index (χ1) is 11.9. The second-order valence-corrected chi connectivity index (χ2v) is 5.43. The number of nitrogens with zero attached hydrogens (tertiary/aromatic N) is 4. The van der Waals surface area contributed by atoms with E-state index in [1.165, 1.54) is 23.9 Å². The number of hydrogen-bond donors (Lipinski definition) is 2. The summed E-state index contributed by atoms with van der Waals surface area (Å²) in [7, 11) is 0. The van der Waals surface area contributed by atoms with Crippen LogP contribution in [-0.2, 0) is 22.6 Å². The molecular weight excluding hydrogens is 330 g/mol. The molecule has 1 atom stereocenters. The molecule has 2 rings (SSSR count). The van der Waals surface area contributed by atoms with Crippen molar-refractivity contribution in [1.29, 1.82) is 0 Å². The Morgan fingerprint density at radius 2 is 2.08 bits per heavy atom. The van der Waals surface area contributed by atoms with Gasteiger partial charge in [-0.15, -0.1) is 0 Å². The van der Waals surface area contributed by atoms with Gasteiger partial charge in [0.1, 0.15) is 11.4 Å². The molecule has 0 bridgehead atoms. The highest BCUT2D eigenvalue weighted by molar-refractivity contribution is 5.79. The number of aromatic nitrogens is 4. The Labute approximate surface area is 142 Å². The molecule has 10 heteroatoms. The van der Waals surface area contributed by atoms with E-state index >= 15 is 0 Å². The van der Waals surface area contributed by atoms with Crippen molar-refractivity contribution in [3.05, 3.63) is 34.1 Å². The van der Waals surface area contributed by atoms with Crippen LogP contribution in [0, 0.1) is 0 Å². The van der Waals surface area contributed by atoms with Crippen molar-refractivity contribution < 1.29 is 19.3 Å². The van der Waals surface area contributed by atoms with E-state index < -0.39 is 17.6 Å². The minimum atomic E-state index is -0.954.